The Kier molecular flexibility index (Phi) is 8.00. The summed E-state index contributed by atoms with van der Waals surface area (Å²) in [7, 11) is 1.83. The van der Waals surface area contributed by atoms with Crippen molar-refractivity contribution in [3.8, 4) is 5.75 Å². The summed E-state index contributed by atoms with van der Waals surface area (Å²) in [4.78, 5) is 29.9. The van der Waals surface area contributed by atoms with Crippen LogP contribution >= 0.6 is 12.2 Å². The smallest absolute Gasteiger partial charge is 0.262 e. The quantitative estimate of drug-likeness (QED) is 0.368. The highest BCUT2D eigenvalue weighted by molar-refractivity contribution is 7.71. The van der Waals surface area contributed by atoms with E-state index in [4.69, 9.17) is 17.0 Å². The molecule has 0 aliphatic heterocycles. The first-order valence-corrected chi connectivity index (χ1v) is 11.1. The summed E-state index contributed by atoms with van der Waals surface area (Å²) in [5, 5.41) is 0.641. The number of rotatable bonds is 10. The molecule has 0 aliphatic carbocycles. The molecule has 0 radical (unpaired) electrons. The molecule has 164 valence electrons. The Labute approximate surface area is 187 Å². The molecule has 1 N–H and O–H groups in total. The molecule has 1 aromatic heterocycles. The van der Waals surface area contributed by atoms with Crippen LogP contribution in [0.5, 0.6) is 5.75 Å². The Hall–Kier alpha value is -2.93. The number of ether oxygens (including phenoxy) is 1. The molecule has 0 aliphatic rings. The van der Waals surface area contributed by atoms with Crippen LogP contribution < -0.4 is 10.3 Å². The minimum atomic E-state index is -0.0643. The Bertz CT molecular complexity index is 1140. The second kappa shape index (κ2) is 10.9. The van der Waals surface area contributed by atoms with Crippen LogP contribution in [0.1, 0.15) is 38.2 Å². The van der Waals surface area contributed by atoms with Crippen LogP contribution in [-0.2, 0) is 17.9 Å². The van der Waals surface area contributed by atoms with E-state index in [0.29, 0.717) is 36.3 Å². The number of fused-ring (bicyclic) bond motifs is 1. The number of para-hydroxylation sites is 1. The van der Waals surface area contributed by atoms with Gasteiger partial charge in [0.2, 0.25) is 5.91 Å². The zero-order valence-electron chi connectivity index (χ0n) is 18.1. The van der Waals surface area contributed by atoms with E-state index in [-0.39, 0.29) is 11.5 Å². The highest BCUT2D eigenvalue weighted by atomic mass is 32.1. The molecule has 0 saturated heterocycles. The first kappa shape index (κ1) is 22.7. The Morgan fingerprint density at radius 1 is 1.10 bits per heavy atom. The number of H-pyrrole nitrogens is 1. The summed E-state index contributed by atoms with van der Waals surface area (Å²) in [6.07, 6.45) is 2.93. The van der Waals surface area contributed by atoms with Gasteiger partial charge in [0.15, 0.2) is 4.77 Å². The molecule has 0 unspecified atom stereocenters. The van der Waals surface area contributed by atoms with Gasteiger partial charge < -0.3 is 14.6 Å². The Balaban J connectivity index is 1.44. The van der Waals surface area contributed by atoms with E-state index in [1.165, 1.54) is 0 Å². The molecule has 6 nitrogen and oxygen atoms in total. The predicted molar refractivity (Wildman–Crippen MR) is 126 cm³/mol. The largest absolute Gasteiger partial charge is 0.494 e. The highest BCUT2D eigenvalue weighted by Crippen LogP contribution is 2.14. The molecule has 1 amide bonds. The number of carbonyl (C=O) groups is 1. The van der Waals surface area contributed by atoms with Gasteiger partial charge in [-0.1, -0.05) is 30.7 Å². The van der Waals surface area contributed by atoms with Gasteiger partial charge in [0, 0.05) is 26.6 Å². The normalized spacial score (nSPS) is 10.9. The second-order valence-electron chi connectivity index (χ2n) is 7.57. The molecule has 2 aromatic carbocycles. The number of hydrogen-bond acceptors (Lipinski definition) is 4. The van der Waals surface area contributed by atoms with E-state index in [1.54, 1.807) is 15.5 Å². The van der Waals surface area contributed by atoms with Crippen molar-refractivity contribution in [1.29, 1.82) is 0 Å². The number of amides is 1. The lowest BCUT2D eigenvalue weighted by atomic mass is 10.1. The van der Waals surface area contributed by atoms with Crippen molar-refractivity contribution in [3.63, 3.8) is 0 Å². The third kappa shape index (κ3) is 6.04. The minimum absolute atomic E-state index is 0.0643. The molecule has 3 aromatic rings. The van der Waals surface area contributed by atoms with Gasteiger partial charge >= 0.3 is 0 Å². The topological polar surface area (TPSA) is 67.3 Å². The zero-order valence-corrected chi connectivity index (χ0v) is 18.9. The van der Waals surface area contributed by atoms with Crippen LogP contribution in [0.3, 0.4) is 0 Å². The van der Waals surface area contributed by atoms with E-state index in [0.717, 1.165) is 36.1 Å². The Morgan fingerprint density at radius 2 is 1.84 bits per heavy atom. The van der Waals surface area contributed by atoms with Crippen LogP contribution in [0.15, 0.2) is 53.3 Å². The number of aromatic nitrogens is 2. The second-order valence-corrected chi connectivity index (χ2v) is 7.96. The van der Waals surface area contributed by atoms with Gasteiger partial charge in [0.25, 0.3) is 5.56 Å². The fraction of sp³-hybridized carbons (Fsp3) is 0.375. The molecule has 1 heterocycles. The number of carbonyl (C=O) groups excluding carboxylic acids is 1. The van der Waals surface area contributed by atoms with Gasteiger partial charge in [0.05, 0.1) is 17.5 Å². The number of benzene rings is 2. The maximum Gasteiger partial charge on any atom is 0.262 e. The fourth-order valence-corrected chi connectivity index (χ4v) is 3.82. The van der Waals surface area contributed by atoms with Crippen LogP contribution in [0.25, 0.3) is 10.9 Å². The highest BCUT2D eigenvalue weighted by Gasteiger charge is 2.10. The molecule has 7 heteroatoms. The van der Waals surface area contributed by atoms with E-state index >= 15 is 0 Å². The first-order valence-electron chi connectivity index (χ1n) is 10.7. The average molecular weight is 440 g/mol. The third-order valence-corrected chi connectivity index (χ3v) is 5.56. The molecule has 0 spiro atoms. The summed E-state index contributed by atoms with van der Waals surface area (Å²) in [6.45, 7) is 3.72. The van der Waals surface area contributed by atoms with Crippen molar-refractivity contribution in [2.75, 3.05) is 13.7 Å². The Morgan fingerprint density at radius 3 is 2.58 bits per heavy atom. The lowest BCUT2D eigenvalue weighted by molar-refractivity contribution is -0.130. The molecule has 0 saturated carbocycles. The number of hydrogen-bond donors (Lipinski definition) is 1. The summed E-state index contributed by atoms with van der Waals surface area (Å²) in [6, 6.07) is 15.2. The summed E-state index contributed by atoms with van der Waals surface area (Å²) in [5.74, 6) is 0.958. The van der Waals surface area contributed by atoms with E-state index in [2.05, 4.69) is 4.98 Å². The average Bonchev–Trinajstić information content (AvgIpc) is 2.77. The standard InChI is InChI=1S/C24H29N3O3S/c1-3-30-19-14-12-18(13-15-19)17-26(2)22(28)11-5-4-8-16-27-23(29)20-9-6-7-10-21(20)25-24(27)31/h6-7,9-10,12-15H,3-5,8,11,16-17H2,1-2H3,(H,25,31). The van der Waals surface area contributed by atoms with Crippen molar-refractivity contribution >= 4 is 29.0 Å². The van der Waals surface area contributed by atoms with Crippen LogP contribution in [-0.4, -0.2) is 34.0 Å². The minimum Gasteiger partial charge on any atom is -0.494 e. The summed E-state index contributed by atoms with van der Waals surface area (Å²) in [5.41, 5.74) is 1.77. The molecule has 3 rings (SSSR count). The van der Waals surface area contributed by atoms with Crippen molar-refractivity contribution in [2.45, 2.75) is 45.7 Å². The van der Waals surface area contributed by atoms with Crippen molar-refractivity contribution in [3.05, 3.63) is 69.2 Å². The van der Waals surface area contributed by atoms with Gasteiger partial charge in [0.1, 0.15) is 5.75 Å². The number of nitrogens with zero attached hydrogens (tertiary/aromatic N) is 2. The van der Waals surface area contributed by atoms with E-state index in [9.17, 15) is 9.59 Å². The van der Waals surface area contributed by atoms with Gasteiger partial charge in [-0.05, 0) is 61.8 Å². The molecule has 0 bridgehead atoms. The number of nitrogens with one attached hydrogen (secondary N) is 1. The van der Waals surface area contributed by atoms with Gasteiger partial charge in [-0.25, -0.2) is 0 Å². The molecule has 0 atom stereocenters. The van der Waals surface area contributed by atoms with Crippen molar-refractivity contribution in [2.24, 2.45) is 0 Å². The molecular weight excluding hydrogens is 410 g/mol. The summed E-state index contributed by atoms with van der Waals surface area (Å²) < 4.78 is 7.50. The predicted octanol–water partition coefficient (Wildman–Crippen LogP) is 4.68. The fourth-order valence-electron chi connectivity index (χ4n) is 3.54. The lowest BCUT2D eigenvalue weighted by Gasteiger charge is -2.17. The van der Waals surface area contributed by atoms with Crippen molar-refractivity contribution in [1.82, 2.24) is 14.5 Å². The SMILES string of the molecule is CCOc1ccc(CN(C)C(=O)CCCCCn2c(=S)[nH]c3ccccc3c2=O)cc1. The lowest BCUT2D eigenvalue weighted by Crippen LogP contribution is -2.26. The van der Waals surface area contributed by atoms with Crippen LogP contribution in [0.4, 0.5) is 0 Å². The maximum absolute atomic E-state index is 12.6. The van der Waals surface area contributed by atoms with Crippen LogP contribution in [0.2, 0.25) is 0 Å². The monoisotopic (exact) mass is 439 g/mol. The summed E-state index contributed by atoms with van der Waals surface area (Å²) >= 11 is 5.34. The number of aromatic amines is 1. The first-order chi connectivity index (χ1) is 15.0. The van der Waals surface area contributed by atoms with E-state index in [1.807, 2.05) is 56.4 Å². The van der Waals surface area contributed by atoms with Gasteiger partial charge in [-0.2, -0.15) is 0 Å². The van der Waals surface area contributed by atoms with Crippen LogP contribution in [0, 0.1) is 4.77 Å². The molecular formula is C24H29N3O3S. The molecule has 0 fully saturated rings. The molecule has 31 heavy (non-hydrogen) atoms. The third-order valence-electron chi connectivity index (χ3n) is 5.24. The van der Waals surface area contributed by atoms with E-state index < -0.39 is 0 Å². The van der Waals surface area contributed by atoms with Gasteiger partial charge in [-0.15, -0.1) is 0 Å². The zero-order chi connectivity index (χ0) is 22.2. The maximum atomic E-state index is 12.6. The number of unbranched alkanes of at least 4 members (excludes halogenated alkanes) is 2. The van der Waals surface area contributed by atoms with Gasteiger partial charge in [-0.3, -0.25) is 14.2 Å². The van der Waals surface area contributed by atoms with Crippen molar-refractivity contribution < 1.29 is 9.53 Å².